The normalized spacial score (nSPS) is 17.6. The number of benzene rings is 1. The summed E-state index contributed by atoms with van der Waals surface area (Å²) < 4.78 is 16.6. The van der Waals surface area contributed by atoms with Gasteiger partial charge in [0.15, 0.2) is 11.5 Å². The van der Waals surface area contributed by atoms with E-state index < -0.39 is 0 Å². The summed E-state index contributed by atoms with van der Waals surface area (Å²) in [6, 6.07) is 4.67. The van der Waals surface area contributed by atoms with Crippen molar-refractivity contribution in [1.29, 1.82) is 0 Å². The Morgan fingerprint density at radius 3 is 2.62 bits per heavy atom. The Morgan fingerprint density at radius 2 is 1.96 bits per heavy atom. The molecule has 0 unspecified atom stereocenters. The first kappa shape index (κ1) is 21.2. The van der Waals surface area contributed by atoms with E-state index in [0.29, 0.717) is 6.04 Å². The molecule has 24 heavy (non-hydrogen) atoms. The zero-order valence-electron chi connectivity index (χ0n) is 14.4. The monoisotopic (exact) mass is 378 g/mol. The van der Waals surface area contributed by atoms with E-state index >= 15 is 0 Å². The molecule has 0 aliphatic carbocycles. The zero-order valence-corrected chi connectivity index (χ0v) is 16.0. The number of methoxy groups -OCH3 is 1. The number of ether oxygens (including phenoxy) is 3. The third-order valence-corrected chi connectivity index (χ3v) is 4.49. The van der Waals surface area contributed by atoms with Crippen molar-refractivity contribution in [3.05, 3.63) is 17.7 Å². The molecule has 0 radical (unpaired) electrons. The molecule has 7 heteroatoms. The van der Waals surface area contributed by atoms with E-state index in [1.54, 1.807) is 7.11 Å². The van der Waals surface area contributed by atoms with Crippen LogP contribution in [0, 0.1) is 0 Å². The van der Waals surface area contributed by atoms with E-state index in [1.165, 1.54) is 24.8 Å². The van der Waals surface area contributed by atoms with Crippen LogP contribution in [0.2, 0.25) is 0 Å². The molecule has 2 aliphatic heterocycles. The van der Waals surface area contributed by atoms with Crippen LogP contribution in [0.1, 0.15) is 37.8 Å². The van der Waals surface area contributed by atoms with Crippen LogP contribution in [0.15, 0.2) is 12.1 Å². The summed E-state index contributed by atoms with van der Waals surface area (Å²) in [5.41, 5.74) is 1.27. The van der Waals surface area contributed by atoms with Gasteiger partial charge in [-0.3, -0.25) is 4.90 Å². The van der Waals surface area contributed by atoms with E-state index in [-0.39, 0.29) is 31.6 Å². The Balaban J connectivity index is 0.00000144. The molecule has 1 fully saturated rings. The molecular formula is C17H28Cl2N2O3. The smallest absolute Gasteiger partial charge is 0.231 e. The van der Waals surface area contributed by atoms with Crippen LogP contribution in [-0.4, -0.2) is 45.0 Å². The summed E-state index contributed by atoms with van der Waals surface area (Å²) in [6.07, 6.45) is 3.61. The molecule has 1 aromatic carbocycles. The van der Waals surface area contributed by atoms with Crippen molar-refractivity contribution < 1.29 is 14.2 Å². The van der Waals surface area contributed by atoms with E-state index in [9.17, 15) is 0 Å². The number of hydrogen-bond acceptors (Lipinski definition) is 5. The molecule has 2 heterocycles. The SMILES string of the molecule is CCCC[C@@H](c1cc(OC)c2c(c1)OCO2)N1CCNCC1.Cl.Cl. The van der Waals surface area contributed by atoms with Crippen LogP contribution < -0.4 is 19.5 Å². The van der Waals surface area contributed by atoms with Gasteiger partial charge in [-0.1, -0.05) is 19.8 Å². The third kappa shape index (κ3) is 4.60. The largest absolute Gasteiger partial charge is 0.493 e. The maximum atomic E-state index is 5.59. The highest BCUT2D eigenvalue weighted by atomic mass is 35.5. The molecule has 1 aromatic rings. The number of unbranched alkanes of at least 4 members (excludes halogenated alkanes) is 1. The fourth-order valence-electron chi connectivity index (χ4n) is 3.29. The number of piperazine rings is 1. The summed E-state index contributed by atoms with van der Waals surface area (Å²) in [5, 5.41) is 3.43. The van der Waals surface area contributed by atoms with Gasteiger partial charge in [0.05, 0.1) is 7.11 Å². The van der Waals surface area contributed by atoms with Gasteiger partial charge in [-0.15, -0.1) is 24.8 Å². The Kier molecular flexibility index (Phi) is 8.98. The highest BCUT2D eigenvalue weighted by Crippen LogP contribution is 2.44. The van der Waals surface area contributed by atoms with Crippen LogP contribution in [0.4, 0.5) is 0 Å². The first-order chi connectivity index (χ1) is 10.8. The van der Waals surface area contributed by atoms with Gasteiger partial charge in [0, 0.05) is 32.2 Å². The molecule has 1 atom stereocenters. The van der Waals surface area contributed by atoms with Crippen molar-refractivity contribution in [3.8, 4) is 17.2 Å². The van der Waals surface area contributed by atoms with Gasteiger partial charge < -0.3 is 19.5 Å². The minimum absolute atomic E-state index is 0. The molecular weight excluding hydrogens is 351 g/mol. The van der Waals surface area contributed by atoms with Gasteiger partial charge in [0.25, 0.3) is 0 Å². The first-order valence-corrected chi connectivity index (χ1v) is 8.25. The van der Waals surface area contributed by atoms with Crippen LogP contribution in [-0.2, 0) is 0 Å². The van der Waals surface area contributed by atoms with Gasteiger partial charge >= 0.3 is 0 Å². The van der Waals surface area contributed by atoms with E-state index in [2.05, 4.69) is 29.3 Å². The lowest BCUT2D eigenvalue weighted by Crippen LogP contribution is -2.45. The van der Waals surface area contributed by atoms with Crippen LogP contribution >= 0.6 is 24.8 Å². The molecule has 5 nitrogen and oxygen atoms in total. The van der Waals surface area contributed by atoms with Gasteiger partial charge in [0.1, 0.15) is 0 Å². The van der Waals surface area contributed by atoms with Crippen molar-refractivity contribution in [1.82, 2.24) is 10.2 Å². The van der Waals surface area contributed by atoms with Gasteiger partial charge in [-0.25, -0.2) is 0 Å². The maximum Gasteiger partial charge on any atom is 0.231 e. The number of nitrogens with one attached hydrogen (secondary N) is 1. The molecule has 0 spiro atoms. The van der Waals surface area contributed by atoms with Crippen LogP contribution in [0.5, 0.6) is 17.2 Å². The van der Waals surface area contributed by atoms with E-state index in [4.69, 9.17) is 14.2 Å². The van der Waals surface area contributed by atoms with Crippen molar-refractivity contribution >= 4 is 24.8 Å². The average Bonchev–Trinajstić information content (AvgIpc) is 3.04. The fourth-order valence-corrected chi connectivity index (χ4v) is 3.29. The lowest BCUT2D eigenvalue weighted by molar-refractivity contribution is 0.162. The van der Waals surface area contributed by atoms with Crippen molar-refractivity contribution in [2.24, 2.45) is 0 Å². The molecule has 138 valence electrons. The molecule has 0 amide bonds. The lowest BCUT2D eigenvalue weighted by atomic mass is 9.98. The highest BCUT2D eigenvalue weighted by Gasteiger charge is 2.26. The van der Waals surface area contributed by atoms with Gasteiger partial charge in [-0.2, -0.15) is 0 Å². The number of fused-ring (bicyclic) bond motifs is 1. The summed E-state index contributed by atoms with van der Waals surface area (Å²) >= 11 is 0. The second-order valence-electron chi connectivity index (χ2n) is 5.90. The number of halogens is 2. The quantitative estimate of drug-likeness (QED) is 0.821. The molecule has 0 saturated carbocycles. The highest BCUT2D eigenvalue weighted by molar-refractivity contribution is 5.85. The Labute approximate surface area is 156 Å². The summed E-state index contributed by atoms with van der Waals surface area (Å²) in [5.74, 6) is 2.33. The predicted molar refractivity (Wildman–Crippen MR) is 100 cm³/mol. The minimum atomic E-state index is 0. The summed E-state index contributed by atoms with van der Waals surface area (Å²) in [4.78, 5) is 2.57. The molecule has 1 saturated heterocycles. The Morgan fingerprint density at radius 1 is 1.21 bits per heavy atom. The standard InChI is InChI=1S/C17H26N2O3.2ClH/c1-3-4-5-14(19-8-6-18-7-9-19)13-10-15(20-2)17-16(11-13)21-12-22-17;;/h10-11,14,18H,3-9,12H2,1-2H3;2*1H/t14-;;/m0../s1. The van der Waals surface area contributed by atoms with Crippen molar-refractivity contribution in [2.75, 3.05) is 40.1 Å². The minimum Gasteiger partial charge on any atom is -0.493 e. The number of hydrogen-bond donors (Lipinski definition) is 1. The second-order valence-corrected chi connectivity index (χ2v) is 5.90. The Hall–Kier alpha value is -0.880. The predicted octanol–water partition coefficient (Wildman–Crippen LogP) is 3.40. The van der Waals surface area contributed by atoms with E-state index in [1.807, 2.05) is 0 Å². The molecule has 0 bridgehead atoms. The molecule has 0 aromatic heterocycles. The number of nitrogens with zero attached hydrogens (tertiary/aromatic N) is 1. The van der Waals surface area contributed by atoms with Gasteiger partial charge in [0.2, 0.25) is 12.5 Å². The average molecular weight is 379 g/mol. The lowest BCUT2D eigenvalue weighted by Gasteiger charge is -2.35. The first-order valence-electron chi connectivity index (χ1n) is 8.25. The molecule has 2 aliphatic rings. The number of rotatable bonds is 6. The fraction of sp³-hybridized carbons (Fsp3) is 0.647. The van der Waals surface area contributed by atoms with Crippen LogP contribution in [0.3, 0.4) is 0 Å². The molecule has 1 N–H and O–H groups in total. The maximum absolute atomic E-state index is 5.59. The second kappa shape index (κ2) is 10.2. The molecule has 3 rings (SSSR count). The van der Waals surface area contributed by atoms with Crippen molar-refractivity contribution in [3.63, 3.8) is 0 Å². The van der Waals surface area contributed by atoms with E-state index in [0.717, 1.165) is 43.4 Å². The summed E-state index contributed by atoms with van der Waals surface area (Å²) in [7, 11) is 1.69. The topological polar surface area (TPSA) is 43.0 Å². The zero-order chi connectivity index (χ0) is 15.4. The van der Waals surface area contributed by atoms with Crippen molar-refractivity contribution in [2.45, 2.75) is 32.2 Å². The Bertz CT molecular complexity index is 511. The van der Waals surface area contributed by atoms with Gasteiger partial charge in [-0.05, 0) is 24.1 Å². The summed E-state index contributed by atoms with van der Waals surface area (Å²) in [6.45, 7) is 6.82. The van der Waals surface area contributed by atoms with Crippen LogP contribution in [0.25, 0.3) is 0 Å². The third-order valence-electron chi connectivity index (χ3n) is 4.49.